The molecule has 4 heterocycles. The van der Waals surface area contributed by atoms with Crippen molar-refractivity contribution in [1.82, 2.24) is 9.55 Å². The minimum Gasteiger partial charge on any atom is -0.458 e. The summed E-state index contributed by atoms with van der Waals surface area (Å²) >= 11 is 0. The van der Waals surface area contributed by atoms with Gasteiger partial charge in [-0.2, -0.15) is 10.0 Å². The summed E-state index contributed by atoms with van der Waals surface area (Å²) in [4.78, 5) is 48.7. The molecule has 0 saturated carbocycles. The predicted octanol–water partition coefficient (Wildman–Crippen LogP) is 7.63. The highest BCUT2D eigenvalue weighted by Gasteiger charge is 2.45. The number of cyclic esters (lactones) is 1. The average Bonchev–Trinajstić information content (AvgIpc) is 3.51. The van der Waals surface area contributed by atoms with Gasteiger partial charge in [0.1, 0.15) is 6.61 Å². The van der Waals surface area contributed by atoms with Crippen LogP contribution in [0, 0.1) is 0 Å². The molecule has 244 valence electrons. The van der Waals surface area contributed by atoms with E-state index in [2.05, 4.69) is 72.8 Å². The zero-order valence-corrected chi connectivity index (χ0v) is 27.8. The van der Waals surface area contributed by atoms with Crippen molar-refractivity contribution >= 4 is 32.7 Å². The summed E-state index contributed by atoms with van der Waals surface area (Å²) < 4.78 is 6.82. The molecule has 0 bridgehead atoms. The second-order valence-electron chi connectivity index (χ2n) is 12.6. The molecule has 0 radical (unpaired) electrons. The summed E-state index contributed by atoms with van der Waals surface area (Å²) in [5, 5.41) is 12.0. The van der Waals surface area contributed by atoms with E-state index in [-0.39, 0.29) is 35.5 Å². The van der Waals surface area contributed by atoms with Crippen LogP contribution in [-0.2, 0) is 28.3 Å². The van der Waals surface area contributed by atoms with Crippen molar-refractivity contribution in [3.63, 3.8) is 0 Å². The predicted molar refractivity (Wildman–Crippen MR) is 190 cm³/mol. The third-order valence-corrected chi connectivity index (χ3v) is 13.9. The highest BCUT2D eigenvalue weighted by Crippen LogP contribution is 2.68. The zero-order chi connectivity index (χ0) is 33.8. The summed E-state index contributed by atoms with van der Waals surface area (Å²) in [6, 6.07) is 40.8. The molecule has 6 aromatic rings. The van der Waals surface area contributed by atoms with Crippen LogP contribution in [0.15, 0.2) is 141 Å². The second kappa shape index (κ2) is 12.0. The van der Waals surface area contributed by atoms with E-state index in [1.54, 1.807) is 17.6 Å². The fraction of sp³-hybridized carbons (Fsp3) is 0.171. The van der Waals surface area contributed by atoms with Crippen LogP contribution in [0.5, 0.6) is 0 Å². The summed E-state index contributed by atoms with van der Waals surface area (Å²) in [7, 11) is -1.76. The molecule has 0 aliphatic carbocycles. The summed E-state index contributed by atoms with van der Waals surface area (Å²) in [5.41, 5.74) is 1.74. The number of hydrogen-bond acceptors (Lipinski definition) is 6. The molecule has 0 amide bonds. The quantitative estimate of drug-likeness (QED) is 0.132. The van der Waals surface area contributed by atoms with E-state index in [0.717, 1.165) is 10.9 Å². The van der Waals surface area contributed by atoms with Crippen LogP contribution in [0.4, 0.5) is 0 Å². The van der Waals surface area contributed by atoms with E-state index in [1.165, 1.54) is 14.7 Å². The lowest BCUT2D eigenvalue weighted by Crippen LogP contribution is -2.44. The Bertz CT molecular complexity index is 2230. The van der Waals surface area contributed by atoms with Crippen molar-refractivity contribution < 1.29 is 19.4 Å². The smallest absolute Gasteiger partial charge is 0.343 e. The maximum atomic E-state index is 14.0. The number of ketones is 1. The second-order valence-corrected chi connectivity index (χ2v) is 15.9. The molecule has 8 heteroatoms. The van der Waals surface area contributed by atoms with Crippen LogP contribution in [0.2, 0.25) is 0 Å². The van der Waals surface area contributed by atoms with Crippen LogP contribution in [0.3, 0.4) is 0 Å². The average molecular weight is 667 g/mol. The van der Waals surface area contributed by atoms with E-state index < -0.39 is 21.6 Å². The highest BCUT2D eigenvalue weighted by atomic mass is 32.3. The van der Waals surface area contributed by atoms with Crippen LogP contribution in [0.25, 0.3) is 22.3 Å². The molecule has 2 aliphatic heterocycles. The first-order valence-corrected chi connectivity index (χ1v) is 18.2. The van der Waals surface area contributed by atoms with Gasteiger partial charge in [-0.25, -0.2) is 9.78 Å². The van der Waals surface area contributed by atoms with Crippen molar-refractivity contribution in [2.45, 2.75) is 53.2 Å². The monoisotopic (exact) mass is 666 g/mol. The van der Waals surface area contributed by atoms with E-state index >= 15 is 0 Å². The van der Waals surface area contributed by atoms with Crippen molar-refractivity contribution in [2.75, 3.05) is 5.75 Å². The largest absolute Gasteiger partial charge is 0.458 e. The number of hydrogen-bond donors (Lipinski definition) is 1. The fourth-order valence-corrected chi connectivity index (χ4v) is 11.1. The van der Waals surface area contributed by atoms with Gasteiger partial charge in [-0.05, 0) is 93.6 Å². The third kappa shape index (κ3) is 4.93. The first-order valence-electron chi connectivity index (χ1n) is 16.4. The lowest BCUT2D eigenvalue weighted by atomic mass is 9.86. The number of ether oxygens (including phenoxy) is 1. The normalized spacial score (nSPS) is 16.8. The number of aromatic nitrogens is 2. The number of carbonyl (C=O) groups is 2. The number of fused-ring (bicyclic) bond motifs is 5. The topological polar surface area (TPSA) is 98.5 Å². The molecule has 1 atom stereocenters. The van der Waals surface area contributed by atoms with Crippen LogP contribution in [-0.4, -0.2) is 32.2 Å². The van der Waals surface area contributed by atoms with Gasteiger partial charge in [0, 0.05) is 28.5 Å². The molecular weight excluding hydrogens is 633 g/mol. The van der Waals surface area contributed by atoms with Gasteiger partial charge < -0.3 is 14.4 Å². The number of carbonyl (C=O) groups excluding carboxylic acids is 2. The van der Waals surface area contributed by atoms with E-state index in [0.29, 0.717) is 41.2 Å². The molecule has 49 heavy (non-hydrogen) atoms. The van der Waals surface area contributed by atoms with Gasteiger partial charge in [0.2, 0.25) is 0 Å². The number of rotatable bonds is 8. The van der Waals surface area contributed by atoms with Crippen LogP contribution < -0.4 is 5.56 Å². The van der Waals surface area contributed by atoms with Gasteiger partial charge >= 0.3 is 5.97 Å². The van der Waals surface area contributed by atoms with Gasteiger partial charge in [0.05, 0.1) is 29.0 Å². The summed E-state index contributed by atoms with van der Waals surface area (Å²) in [5.74, 6) is -0.0366. The summed E-state index contributed by atoms with van der Waals surface area (Å²) in [6.07, 6.45) is 0.437. The minimum absolute atomic E-state index is 0.0535. The zero-order valence-electron chi connectivity index (χ0n) is 27.0. The maximum absolute atomic E-state index is 14.0. The standard InChI is InChI=1S/C41H34N2O5S/c1-2-41(47)34-24-36-38-29(25-43(36)39(45)33(34)26-48-40(41)46)23-28-22-27(18-19-35(28)42-38)37(44)20-21-49(30-12-6-3-7-13-30,31-14-8-4-9-15-31)32-16-10-5-11-17-32/h3-19,22-24,47H,2,20-21,25-26H2,1H3. The molecular formula is C41H34N2O5S. The van der Waals surface area contributed by atoms with Crippen molar-refractivity contribution in [2.24, 2.45) is 0 Å². The molecule has 0 fully saturated rings. The fourth-order valence-electron chi connectivity index (χ4n) is 7.27. The Morgan fingerprint density at radius 3 is 2.06 bits per heavy atom. The Morgan fingerprint density at radius 1 is 0.857 bits per heavy atom. The van der Waals surface area contributed by atoms with Crippen molar-refractivity contribution in [1.29, 1.82) is 0 Å². The van der Waals surface area contributed by atoms with Gasteiger partial charge in [-0.1, -0.05) is 61.5 Å². The number of aliphatic hydroxyl groups is 1. The molecule has 8 rings (SSSR count). The molecule has 1 N–H and O–H groups in total. The SMILES string of the molecule is CCC1(O)C(=O)OCc2c1cc1n(c2=O)Cc2cc3cc(C(=O)CCS(c4ccccc4)(c4ccccc4)c4ccccc4)ccc3nc2-1. The van der Waals surface area contributed by atoms with Gasteiger partial charge in [-0.3, -0.25) is 9.59 Å². The van der Waals surface area contributed by atoms with E-state index in [9.17, 15) is 19.5 Å². The number of nitrogens with zero attached hydrogens (tertiary/aromatic N) is 2. The van der Waals surface area contributed by atoms with Gasteiger partial charge in [0.25, 0.3) is 5.56 Å². The van der Waals surface area contributed by atoms with E-state index in [1.807, 2.05) is 42.5 Å². The number of Topliss-reactive ketones (excluding diaryl/α,β-unsaturated/α-hetero) is 1. The Hall–Kier alpha value is -5.31. The minimum atomic E-state index is -1.88. The Kier molecular flexibility index (Phi) is 7.58. The summed E-state index contributed by atoms with van der Waals surface area (Å²) in [6.45, 7) is 1.81. The first kappa shape index (κ1) is 31.0. The Morgan fingerprint density at radius 2 is 1.47 bits per heavy atom. The number of pyridine rings is 2. The molecule has 2 aliphatic rings. The van der Waals surface area contributed by atoms with Gasteiger partial charge in [-0.15, -0.1) is 0 Å². The highest BCUT2D eigenvalue weighted by molar-refractivity contribution is 8.33. The molecule has 0 spiro atoms. The van der Waals surface area contributed by atoms with E-state index in [4.69, 9.17) is 9.72 Å². The molecule has 1 unspecified atom stereocenters. The molecule has 4 aromatic carbocycles. The van der Waals surface area contributed by atoms with Crippen molar-refractivity contribution in [3.8, 4) is 11.4 Å². The van der Waals surface area contributed by atoms with Crippen molar-refractivity contribution in [3.05, 3.63) is 154 Å². The van der Waals surface area contributed by atoms with Gasteiger partial charge in [0.15, 0.2) is 11.4 Å². The molecule has 2 aromatic heterocycles. The third-order valence-electron chi connectivity index (χ3n) is 9.90. The Labute approximate surface area is 285 Å². The lowest BCUT2D eigenvalue weighted by Gasteiger charge is -2.41. The lowest BCUT2D eigenvalue weighted by molar-refractivity contribution is -0.172. The first-order chi connectivity index (χ1) is 23.8. The Balaban J connectivity index is 1.14. The van der Waals surface area contributed by atoms with Crippen LogP contribution in [0.1, 0.15) is 46.8 Å². The molecule has 0 saturated heterocycles. The maximum Gasteiger partial charge on any atom is 0.343 e. The number of benzene rings is 4. The number of esters is 1. The molecule has 7 nitrogen and oxygen atoms in total. The van der Waals surface area contributed by atoms with Crippen LogP contribution >= 0.6 is 10.0 Å².